The van der Waals surface area contributed by atoms with Crippen molar-refractivity contribution in [2.75, 3.05) is 6.61 Å². The zero-order chi connectivity index (χ0) is 7.44. The summed E-state index contributed by atoms with van der Waals surface area (Å²) in [7, 11) is 0. The summed E-state index contributed by atoms with van der Waals surface area (Å²) in [5.41, 5.74) is 0. The molecule has 0 aromatic heterocycles. The maximum atomic E-state index is 9.85. The van der Waals surface area contributed by atoms with Gasteiger partial charge in [0.05, 0.1) is 12.0 Å². The van der Waals surface area contributed by atoms with E-state index in [1.54, 1.807) is 0 Å². The zero-order valence-electron chi connectivity index (χ0n) is 4.49. The summed E-state index contributed by atoms with van der Waals surface area (Å²) in [5.74, 6) is -1.43. The average Bonchev–Trinajstić information content (AvgIpc) is 1.84. The van der Waals surface area contributed by atoms with Crippen LogP contribution in [0.5, 0.6) is 0 Å². The van der Waals surface area contributed by atoms with Crippen molar-refractivity contribution in [1.82, 2.24) is 0 Å². The largest absolute Gasteiger partial charge is 0.479 e. The van der Waals surface area contributed by atoms with E-state index < -0.39 is 24.1 Å². The van der Waals surface area contributed by atoms with E-state index in [9.17, 15) is 4.79 Å². The van der Waals surface area contributed by atoms with E-state index in [4.69, 9.17) is 26.9 Å². The molecule has 0 aromatic rings. The van der Waals surface area contributed by atoms with Crippen molar-refractivity contribution < 1.29 is 20.1 Å². The van der Waals surface area contributed by atoms with Crippen LogP contribution in [0.4, 0.5) is 0 Å². The SMILES string of the molecule is O=C(O)[C@H](O)[C@@H](Cl)CO. The van der Waals surface area contributed by atoms with E-state index in [1.165, 1.54) is 0 Å². The van der Waals surface area contributed by atoms with Gasteiger partial charge in [0.1, 0.15) is 0 Å². The second kappa shape index (κ2) is 3.66. The number of rotatable bonds is 3. The predicted molar refractivity (Wildman–Crippen MR) is 30.4 cm³/mol. The molecule has 0 saturated heterocycles. The molecular formula is C4H7ClO4. The maximum absolute atomic E-state index is 9.85. The summed E-state index contributed by atoms with van der Waals surface area (Å²) in [4.78, 5) is 9.85. The van der Waals surface area contributed by atoms with Gasteiger partial charge in [-0.3, -0.25) is 0 Å². The van der Waals surface area contributed by atoms with Crippen LogP contribution in [0.2, 0.25) is 0 Å². The Bertz CT molecular complexity index is 105. The molecule has 0 spiro atoms. The van der Waals surface area contributed by atoms with Crippen molar-refractivity contribution in [3.63, 3.8) is 0 Å². The molecular weight excluding hydrogens is 147 g/mol. The van der Waals surface area contributed by atoms with Crippen molar-refractivity contribution in [2.24, 2.45) is 0 Å². The summed E-state index contributed by atoms with van der Waals surface area (Å²) in [6.45, 7) is -0.547. The number of halogens is 1. The molecule has 0 saturated carbocycles. The van der Waals surface area contributed by atoms with Gasteiger partial charge in [-0.25, -0.2) is 4.79 Å². The molecule has 0 aromatic carbocycles. The van der Waals surface area contributed by atoms with Crippen molar-refractivity contribution in [3.8, 4) is 0 Å². The quantitative estimate of drug-likeness (QED) is 0.457. The molecule has 0 radical (unpaired) electrons. The highest BCUT2D eigenvalue weighted by Gasteiger charge is 2.22. The minimum absolute atomic E-state index is 0.547. The van der Waals surface area contributed by atoms with Crippen LogP contribution in [0, 0.1) is 0 Å². The zero-order valence-corrected chi connectivity index (χ0v) is 5.25. The van der Waals surface area contributed by atoms with Crippen molar-refractivity contribution >= 4 is 17.6 Å². The second-order valence-corrected chi connectivity index (χ2v) is 2.04. The van der Waals surface area contributed by atoms with E-state index in [0.29, 0.717) is 0 Å². The van der Waals surface area contributed by atoms with Gasteiger partial charge >= 0.3 is 5.97 Å². The molecule has 0 unspecified atom stereocenters. The number of carboxylic acid groups (broad SMARTS) is 1. The van der Waals surface area contributed by atoms with E-state index in [1.807, 2.05) is 0 Å². The van der Waals surface area contributed by atoms with Crippen LogP contribution in [0.25, 0.3) is 0 Å². The van der Waals surface area contributed by atoms with Crippen molar-refractivity contribution in [2.45, 2.75) is 11.5 Å². The Morgan fingerprint density at radius 2 is 2.11 bits per heavy atom. The molecule has 0 amide bonds. The third-order valence-electron chi connectivity index (χ3n) is 0.770. The van der Waals surface area contributed by atoms with E-state index in [0.717, 1.165) is 0 Å². The Kier molecular flexibility index (Phi) is 3.53. The van der Waals surface area contributed by atoms with Gasteiger partial charge in [-0.15, -0.1) is 11.6 Å². The lowest BCUT2D eigenvalue weighted by molar-refractivity contribution is -0.147. The van der Waals surface area contributed by atoms with Gasteiger partial charge in [0.15, 0.2) is 6.10 Å². The summed E-state index contributed by atoms with van der Waals surface area (Å²) < 4.78 is 0. The minimum atomic E-state index is -1.68. The number of aliphatic carboxylic acids is 1. The number of carbonyl (C=O) groups is 1. The first-order valence-electron chi connectivity index (χ1n) is 2.25. The fourth-order valence-electron chi connectivity index (χ4n) is 0.255. The summed E-state index contributed by atoms with van der Waals surface area (Å²) in [5, 5.41) is 23.6. The lowest BCUT2D eigenvalue weighted by Gasteiger charge is -2.07. The van der Waals surface area contributed by atoms with Crippen molar-refractivity contribution in [1.29, 1.82) is 0 Å². The van der Waals surface area contributed by atoms with Gasteiger partial charge in [-0.1, -0.05) is 0 Å². The number of hydrogen-bond donors (Lipinski definition) is 3. The molecule has 2 atom stereocenters. The second-order valence-electron chi connectivity index (χ2n) is 1.48. The summed E-state index contributed by atoms with van der Waals surface area (Å²) >= 11 is 5.13. The molecule has 0 bridgehead atoms. The molecule has 54 valence electrons. The Hall–Kier alpha value is -0.320. The lowest BCUT2D eigenvalue weighted by atomic mass is 10.3. The van der Waals surface area contributed by atoms with Gasteiger partial charge in [0.25, 0.3) is 0 Å². The highest BCUT2D eigenvalue weighted by atomic mass is 35.5. The number of aliphatic hydroxyl groups is 2. The topological polar surface area (TPSA) is 77.8 Å². The van der Waals surface area contributed by atoms with Crippen LogP contribution in [0.1, 0.15) is 0 Å². The fraction of sp³-hybridized carbons (Fsp3) is 0.750. The van der Waals surface area contributed by atoms with Crippen LogP contribution in [-0.4, -0.2) is 39.4 Å². The summed E-state index contributed by atoms with van der Waals surface area (Å²) in [6, 6.07) is 0. The first-order chi connectivity index (χ1) is 4.09. The van der Waals surface area contributed by atoms with E-state index >= 15 is 0 Å². The van der Waals surface area contributed by atoms with Gasteiger partial charge in [0.2, 0.25) is 0 Å². The third kappa shape index (κ3) is 2.64. The Morgan fingerprint density at radius 3 is 2.22 bits per heavy atom. The highest BCUT2D eigenvalue weighted by molar-refractivity contribution is 6.22. The van der Waals surface area contributed by atoms with Crippen molar-refractivity contribution in [3.05, 3.63) is 0 Å². The smallest absolute Gasteiger partial charge is 0.334 e. The number of aliphatic hydroxyl groups excluding tert-OH is 2. The number of hydrogen-bond acceptors (Lipinski definition) is 3. The van der Waals surface area contributed by atoms with Gasteiger partial charge < -0.3 is 15.3 Å². The van der Waals surface area contributed by atoms with Crippen LogP contribution in [0.15, 0.2) is 0 Å². The van der Waals surface area contributed by atoms with E-state index in [2.05, 4.69) is 0 Å². The van der Waals surface area contributed by atoms with Crippen LogP contribution in [-0.2, 0) is 4.79 Å². The highest BCUT2D eigenvalue weighted by Crippen LogP contribution is 2.00. The predicted octanol–water partition coefficient (Wildman–Crippen LogP) is -0.968. The molecule has 9 heavy (non-hydrogen) atoms. The van der Waals surface area contributed by atoms with Gasteiger partial charge in [-0.05, 0) is 0 Å². The molecule has 0 fully saturated rings. The summed E-state index contributed by atoms with van der Waals surface area (Å²) in [6.07, 6.45) is -1.68. The number of alkyl halides is 1. The minimum Gasteiger partial charge on any atom is -0.479 e. The molecule has 0 heterocycles. The molecule has 4 nitrogen and oxygen atoms in total. The Morgan fingerprint density at radius 1 is 1.67 bits per heavy atom. The Balaban J connectivity index is 3.72. The molecule has 0 rings (SSSR count). The lowest BCUT2D eigenvalue weighted by Crippen LogP contribution is -2.32. The Labute approximate surface area is 56.7 Å². The third-order valence-corrected chi connectivity index (χ3v) is 1.15. The average molecular weight is 155 g/mol. The fourth-order valence-corrected chi connectivity index (χ4v) is 0.362. The number of carboxylic acids is 1. The van der Waals surface area contributed by atoms with E-state index in [-0.39, 0.29) is 0 Å². The normalized spacial score (nSPS) is 16.8. The van der Waals surface area contributed by atoms with Gasteiger partial charge in [-0.2, -0.15) is 0 Å². The molecule has 0 aliphatic heterocycles. The first kappa shape index (κ1) is 8.68. The maximum Gasteiger partial charge on any atom is 0.334 e. The molecule has 5 heteroatoms. The molecule has 0 aliphatic rings. The molecule has 0 aliphatic carbocycles. The molecule has 3 N–H and O–H groups in total. The van der Waals surface area contributed by atoms with Crippen LogP contribution in [0.3, 0.4) is 0 Å². The standard InChI is InChI=1S/C4H7ClO4/c5-2(1-6)3(7)4(8)9/h2-3,6-7H,1H2,(H,8,9)/t2-,3+/m0/s1. The monoisotopic (exact) mass is 154 g/mol. The van der Waals surface area contributed by atoms with Gasteiger partial charge in [0, 0.05) is 0 Å². The van der Waals surface area contributed by atoms with Crippen LogP contribution < -0.4 is 0 Å². The van der Waals surface area contributed by atoms with Crippen LogP contribution >= 0.6 is 11.6 Å². The first-order valence-corrected chi connectivity index (χ1v) is 2.69.